The van der Waals surface area contributed by atoms with Crippen molar-refractivity contribution in [2.75, 3.05) is 7.11 Å². The SMILES string of the molecule is COC(=O)N[C@H](c1ccccc1)n1nnc2ccccc21. The molecule has 0 spiro atoms. The van der Waals surface area contributed by atoms with Crippen LogP contribution in [0, 0.1) is 0 Å². The second-order valence-corrected chi connectivity index (χ2v) is 4.47. The number of carbonyl (C=O) groups is 1. The molecule has 0 radical (unpaired) electrons. The number of hydrogen-bond donors (Lipinski definition) is 1. The lowest BCUT2D eigenvalue weighted by atomic mass is 10.1. The number of aromatic nitrogens is 3. The van der Waals surface area contributed by atoms with Gasteiger partial charge in [0.2, 0.25) is 0 Å². The van der Waals surface area contributed by atoms with Gasteiger partial charge in [-0.3, -0.25) is 5.32 Å². The van der Waals surface area contributed by atoms with Gasteiger partial charge in [0.25, 0.3) is 0 Å². The highest BCUT2D eigenvalue weighted by Crippen LogP contribution is 2.20. The van der Waals surface area contributed by atoms with E-state index in [-0.39, 0.29) is 0 Å². The zero-order valence-electron chi connectivity index (χ0n) is 11.4. The molecule has 3 aromatic rings. The van der Waals surface area contributed by atoms with Crippen molar-refractivity contribution >= 4 is 17.1 Å². The van der Waals surface area contributed by atoms with Crippen LogP contribution >= 0.6 is 0 Å². The second kappa shape index (κ2) is 5.62. The topological polar surface area (TPSA) is 69.0 Å². The minimum atomic E-state index is -0.525. The van der Waals surface area contributed by atoms with Crippen molar-refractivity contribution in [2.45, 2.75) is 6.17 Å². The van der Waals surface area contributed by atoms with Crippen molar-refractivity contribution in [1.29, 1.82) is 0 Å². The highest BCUT2D eigenvalue weighted by Gasteiger charge is 2.20. The molecule has 0 saturated carbocycles. The van der Waals surface area contributed by atoms with Gasteiger partial charge >= 0.3 is 6.09 Å². The summed E-state index contributed by atoms with van der Waals surface area (Å²) in [5, 5.41) is 11.1. The third-order valence-corrected chi connectivity index (χ3v) is 3.18. The summed E-state index contributed by atoms with van der Waals surface area (Å²) >= 11 is 0. The largest absolute Gasteiger partial charge is 0.453 e. The number of methoxy groups -OCH3 is 1. The molecule has 1 aromatic heterocycles. The fourth-order valence-corrected chi connectivity index (χ4v) is 2.17. The molecule has 0 unspecified atom stereocenters. The van der Waals surface area contributed by atoms with Crippen molar-refractivity contribution in [3.05, 3.63) is 60.2 Å². The molecule has 6 nitrogen and oxygen atoms in total. The van der Waals surface area contributed by atoms with Crippen LogP contribution in [0.3, 0.4) is 0 Å². The fraction of sp³-hybridized carbons (Fsp3) is 0.133. The van der Waals surface area contributed by atoms with E-state index in [1.54, 1.807) is 4.68 Å². The number of benzene rings is 2. The first kappa shape index (κ1) is 13.1. The molecule has 1 heterocycles. The molecule has 1 N–H and O–H groups in total. The van der Waals surface area contributed by atoms with Gasteiger partial charge in [-0.1, -0.05) is 47.7 Å². The van der Waals surface area contributed by atoms with Crippen LogP contribution in [0.1, 0.15) is 11.7 Å². The summed E-state index contributed by atoms with van der Waals surface area (Å²) in [6.07, 6.45) is -1.01. The van der Waals surface area contributed by atoms with E-state index in [4.69, 9.17) is 4.74 Å². The predicted molar refractivity (Wildman–Crippen MR) is 77.6 cm³/mol. The number of para-hydroxylation sites is 1. The Hall–Kier alpha value is -2.89. The third-order valence-electron chi connectivity index (χ3n) is 3.18. The normalized spacial score (nSPS) is 12.0. The van der Waals surface area contributed by atoms with E-state index in [9.17, 15) is 4.79 Å². The van der Waals surface area contributed by atoms with Crippen LogP contribution in [0.25, 0.3) is 11.0 Å². The van der Waals surface area contributed by atoms with Gasteiger partial charge in [0, 0.05) is 0 Å². The standard InChI is InChI=1S/C15H14N4O2/c1-21-15(20)16-14(11-7-3-2-4-8-11)19-13-10-6-5-9-12(13)17-18-19/h2-10,14H,1H3,(H,16,20)/t14-/m0/s1. The summed E-state index contributed by atoms with van der Waals surface area (Å²) < 4.78 is 6.37. The lowest BCUT2D eigenvalue weighted by Crippen LogP contribution is -2.33. The Morgan fingerprint density at radius 2 is 1.86 bits per heavy atom. The summed E-state index contributed by atoms with van der Waals surface area (Å²) in [6.45, 7) is 0. The monoisotopic (exact) mass is 282 g/mol. The smallest absolute Gasteiger partial charge is 0.408 e. The molecular formula is C15H14N4O2. The number of carbonyl (C=O) groups excluding carboxylic acids is 1. The van der Waals surface area contributed by atoms with E-state index in [2.05, 4.69) is 15.6 Å². The number of alkyl carbamates (subject to hydrolysis) is 1. The summed E-state index contributed by atoms with van der Waals surface area (Å²) in [5.41, 5.74) is 2.49. The predicted octanol–water partition coefficient (Wildman–Crippen LogP) is 2.33. The van der Waals surface area contributed by atoms with Gasteiger partial charge in [0.1, 0.15) is 5.52 Å². The molecule has 6 heteroatoms. The molecule has 1 amide bonds. The van der Waals surface area contributed by atoms with Gasteiger partial charge in [-0.15, -0.1) is 5.10 Å². The van der Waals surface area contributed by atoms with E-state index < -0.39 is 12.3 Å². The number of rotatable bonds is 3. The van der Waals surface area contributed by atoms with Crippen LogP contribution in [-0.2, 0) is 4.74 Å². The van der Waals surface area contributed by atoms with E-state index in [1.165, 1.54) is 7.11 Å². The van der Waals surface area contributed by atoms with Crippen molar-refractivity contribution in [1.82, 2.24) is 20.3 Å². The highest BCUT2D eigenvalue weighted by molar-refractivity contribution is 5.75. The lowest BCUT2D eigenvalue weighted by molar-refractivity contribution is 0.163. The van der Waals surface area contributed by atoms with Crippen molar-refractivity contribution in [3.8, 4) is 0 Å². The molecule has 0 saturated heterocycles. The second-order valence-electron chi connectivity index (χ2n) is 4.47. The fourth-order valence-electron chi connectivity index (χ4n) is 2.17. The zero-order chi connectivity index (χ0) is 14.7. The molecule has 0 fully saturated rings. The molecule has 0 aliphatic carbocycles. The molecule has 2 aromatic carbocycles. The van der Waals surface area contributed by atoms with E-state index in [0.717, 1.165) is 16.6 Å². The maximum Gasteiger partial charge on any atom is 0.408 e. The average molecular weight is 282 g/mol. The number of nitrogens with one attached hydrogen (secondary N) is 1. The Morgan fingerprint density at radius 1 is 1.14 bits per heavy atom. The van der Waals surface area contributed by atoms with Gasteiger partial charge in [-0.25, -0.2) is 9.48 Å². The Balaban J connectivity index is 2.08. The molecule has 106 valence electrons. The number of amides is 1. The quantitative estimate of drug-likeness (QED) is 0.800. The number of fused-ring (bicyclic) bond motifs is 1. The van der Waals surface area contributed by atoms with E-state index >= 15 is 0 Å². The summed E-state index contributed by atoms with van der Waals surface area (Å²) in [7, 11) is 1.33. The van der Waals surface area contributed by atoms with E-state index in [1.807, 2.05) is 54.6 Å². The number of hydrogen-bond acceptors (Lipinski definition) is 4. The Kier molecular flexibility index (Phi) is 3.51. The number of ether oxygens (including phenoxy) is 1. The van der Waals surface area contributed by atoms with Crippen LogP contribution < -0.4 is 5.32 Å². The lowest BCUT2D eigenvalue weighted by Gasteiger charge is -2.19. The minimum absolute atomic E-state index is 0.481. The van der Waals surface area contributed by atoms with Gasteiger partial charge in [0.15, 0.2) is 6.17 Å². The Labute approximate surface area is 121 Å². The highest BCUT2D eigenvalue weighted by atomic mass is 16.5. The first-order valence-corrected chi connectivity index (χ1v) is 6.49. The molecule has 3 rings (SSSR count). The maximum atomic E-state index is 11.6. The molecule has 0 bridgehead atoms. The molecular weight excluding hydrogens is 268 g/mol. The van der Waals surface area contributed by atoms with Crippen LogP contribution in [0.5, 0.6) is 0 Å². The number of nitrogens with zero attached hydrogens (tertiary/aromatic N) is 3. The summed E-state index contributed by atoms with van der Waals surface area (Å²) in [4.78, 5) is 11.6. The van der Waals surface area contributed by atoms with Gasteiger partial charge < -0.3 is 4.74 Å². The first-order chi connectivity index (χ1) is 10.3. The third kappa shape index (κ3) is 2.55. The van der Waals surface area contributed by atoms with Gasteiger partial charge in [0.05, 0.1) is 12.6 Å². The first-order valence-electron chi connectivity index (χ1n) is 6.49. The van der Waals surface area contributed by atoms with Gasteiger partial charge in [-0.2, -0.15) is 0 Å². The van der Waals surface area contributed by atoms with E-state index in [0.29, 0.717) is 0 Å². The van der Waals surface area contributed by atoms with Crippen LogP contribution in [0.2, 0.25) is 0 Å². The minimum Gasteiger partial charge on any atom is -0.453 e. The molecule has 0 aliphatic heterocycles. The van der Waals surface area contributed by atoms with Gasteiger partial charge in [-0.05, 0) is 17.7 Å². The van der Waals surface area contributed by atoms with Crippen LogP contribution in [0.4, 0.5) is 4.79 Å². The summed E-state index contributed by atoms with van der Waals surface area (Å²) in [5.74, 6) is 0. The van der Waals surface area contributed by atoms with Crippen molar-refractivity contribution in [2.24, 2.45) is 0 Å². The zero-order valence-corrected chi connectivity index (χ0v) is 11.4. The average Bonchev–Trinajstić information content (AvgIpc) is 2.97. The molecule has 1 atom stereocenters. The Morgan fingerprint density at radius 3 is 2.62 bits per heavy atom. The van der Waals surface area contributed by atoms with Crippen LogP contribution in [0.15, 0.2) is 54.6 Å². The summed E-state index contributed by atoms with van der Waals surface area (Å²) in [6, 6.07) is 17.1. The maximum absolute atomic E-state index is 11.6. The van der Waals surface area contributed by atoms with Crippen molar-refractivity contribution < 1.29 is 9.53 Å². The van der Waals surface area contributed by atoms with Crippen LogP contribution in [-0.4, -0.2) is 28.2 Å². The molecule has 21 heavy (non-hydrogen) atoms. The Bertz CT molecular complexity index is 754. The molecule has 0 aliphatic rings. The van der Waals surface area contributed by atoms with Crippen molar-refractivity contribution in [3.63, 3.8) is 0 Å².